The van der Waals surface area contributed by atoms with Crippen molar-refractivity contribution in [3.63, 3.8) is 0 Å². The van der Waals surface area contributed by atoms with Gasteiger partial charge in [-0.05, 0) is 12.5 Å². The number of H-pyrrole nitrogens is 1. The van der Waals surface area contributed by atoms with E-state index in [1.807, 2.05) is 20.8 Å². The summed E-state index contributed by atoms with van der Waals surface area (Å²) in [6, 6.07) is 2.44. The number of halogens is 1. The van der Waals surface area contributed by atoms with Crippen LogP contribution in [0.5, 0.6) is 0 Å². The highest BCUT2D eigenvalue weighted by atomic mass is 19.1. The summed E-state index contributed by atoms with van der Waals surface area (Å²) in [5.41, 5.74) is 0.494. The van der Waals surface area contributed by atoms with E-state index < -0.39 is 11.8 Å². The van der Waals surface area contributed by atoms with Crippen molar-refractivity contribution in [3.8, 4) is 0 Å². The number of carboxylic acid groups (broad SMARTS) is 1. The zero-order valence-electron chi connectivity index (χ0n) is 10.5. The molecule has 4 nitrogen and oxygen atoms in total. The second-order valence-corrected chi connectivity index (χ2v) is 4.98. The molecule has 0 saturated carbocycles. The summed E-state index contributed by atoms with van der Waals surface area (Å²) in [4.78, 5) is 18.3. The molecule has 18 heavy (non-hydrogen) atoms. The molecule has 0 fully saturated rings. The van der Waals surface area contributed by atoms with Crippen molar-refractivity contribution in [2.75, 3.05) is 0 Å². The summed E-state index contributed by atoms with van der Waals surface area (Å²) < 4.78 is 13.5. The number of aromatic nitrogens is 2. The minimum absolute atomic E-state index is 0.154. The molecule has 0 unspecified atom stereocenters. The van der Waals surface area contributed by atoms with Crippen LogP contribution in [0.25, 0.3) is 11.0 Å². The number of carbonyl (C=O) groups is 1. The summed E-state index contributed by atoms with van der Waals surface area (Å²) in [5.74, 6) is -1.30. The fraction of sp³-hybridized carbons (Fsp3) is 0.385. The van der Waals surface area contributed by atoms with Gasteiger partial charge in [0.15, 0.2) is 0 Å². The van der Waals surface area contributed by atoms with E-state index in [0.717, 1.165) is 12.2 Å². The van der Waals surface area contributed by atoms with Gasteiger partial charge in [0.05, 0.1) is 16.6 Å². The van der Waals surface area contributed by atoms with E-state index in [1.54, 1.807) is 0 Å². The Kier molecular flexibility index (Phi) is 2.84. The van der Waals surface area contributed by atoms with Gasteiger partial charge in [0, 0.05) is 11.5 Å². The van der Waals surface area contributed by atoms with E-state index in [2.05, 4.69) is 9.97 Å². The fourth-order valence-corrected chi connectivity index (χ4v) is 1.68. The molecule has 5 heteroatoms. The Hall–Kier alpha value is -1.91. The number of hydrogen-bond acceptors (Lipinski definition) is 2. The quantitative estimate of drug-likeness (QED) is 0.879. The molecule has 0 amide bonds. The molecule has 96 valence electrons. The Morgan fingerprint density at radius 1 is 1.50 bits per heavy atom. The van der Waals surface area contributed by atoms with Crippen molar-refractivity contribution in [3.05, 3.63) is 29.3 Å². The summed E-state index contributed by atoms with van der Waals surface area (Å²) in [6.45, 7) is 6.09. The number of benzene rings is 1. The molecule has 0 bridgehead atoms. The molecule has 1 heterocycles. The summed E-state index contributed by atoms with van der Waals surface area (Å²) in [7, 11) is 0. The predicted molar refractivity (Wildman–Crippen MR) is 66.3 cm³/mol. The molecule has 2 N–H and O–H groups in total. The lowest BCUT2D eigenvalue weighted by atomic mass is 9.90. The van der Waals surface area contributed by atoms with Gasteiger partial charge in [-0.25, -0.2) is 14.2 Å². The molecule has 1 aromatic carbocycles. The largest absolute Gasteiger partial charge is 0.478 e. The van der Waals surface area contributed by atoms with Crippen LogP contribution in [0.2, 0.25) is 0 Å². The SMILES string of the molecule is CCC(C)(C)c1nc2cc(C(=O)O)c(F)cc2[nH]1. The highest BCUT2D eigenvalue weighted by molar-refractivity contribution is 5.92. The molecular formula is C13H15FN2O2. The van der Waals surface area contributed by atoms with Gasteiger partial charge in [-0.2, -0.15) is 0 Å². The van der Waals surface area contributed by atoms with Crippen molar-refractivity contribution in [1.82, 2.24) is 9.97 Å². The van der Waals surface area contributed by atoms with Crippen molar-refractivity contribution in [2.24, 2.45) is 0 Å². The average Bonchev–Trinajstić information content (AvgIpc) is 2.71. The number of hydrogen-bond donors (Lipinski definition) is 2. The zero-order chi connectivity index (χ0) is 13.5. The van der Waals surface area contributed by atoms with Crippen molar-refractivity contribution < 1.29 is 14.3 Å². The lowest BCUT2D eigenvalue weighted by Gasteiger charge is -2.18. The number of rotatable bonds is 3. The second-order valence-electron chi connectivity index (χ2n) is 4.98. The van der Waals surface area contributed by atoms with Gasteiger partial charge in [-0.3, -0.25) is 0 Å². The molecular weight excluding hydrogens is 235 g/mol. The third kappa shape index (κ3) is 1.96. The standard InChI is InChI=1S/C13H15FN2O2/c1-4-13(2,3)12-15-9-5-7(11(17)18)8(14)6-10(9)16-12/h5-6H,4H2,1-3H3,(H,15,16)(H,17,18). The fourth-order valence-electron chi connectivity index (χ4n) is 1.68. The van der Waals surface area contributed by atoms with Crippen LogP contribution < -0.4 is 0 Å². The van der Waals surface area contributed by atoms with Crippen LogP contribution in [0.3, 0.4) is 0 Å². The van der Waals surface area contributed by atoms with Gasteiger partial charge in [0.1, 0.15) is 11.6 Å². The number of fused-ring (bicyclic) bond motifs is 1. The third-order valence-electron chi connectivity index (χ3n) is 3.33. The van der Waals surface area contributed by atoms with E-state index in [0.29, 0.717) is 11.0 Å². The molecule has 1 aromatic heterocycles. The molecule has 0 aliphatic carbocycles. The number of imidazole rings is 1. The van der Waals surface area contributed by atoms with Crippen molar-refractivity contribution >= 4 is 17.0 Å². The lowest BCUT2D eigenvalue weighted by Crippen LogP contribution is -2.17. The highest BCUT2D eigenvalue weighted by Gasteiger charge is 2.23. The first-order chi connectivity index (χ1) is 8.35. The molecule has 0 aliphatic heterocycles. The van der Waals surface area contributed by atoms with Gasteiger partial charge in [0.2, 0.25) is 0 Å². The van der Waals surface area contributed by atoms with Crippen LogP contribution in [-0.4, -0.2) is 21.0 Å². The van der Waals surface area contributed by atoms with Gasteiger partial charge in [-0.1, -0.05) is 20.8 Å². The minimum Gasteiger partial charge on any atom is -0.478 e. The van der Waals surface area contributed by atoms with Crippen LogP contribution in [0.4, 0.5) is 4.39 Å². The van der Waals surface area contributed by atoms with Gasteiger partial charge >= 0.3 is 5.97 Å². The molecule has 2 aromatic rings. The maximum absolute atomic E-state index is 13.5. The third-order valence-corrected chi connectivity index (χ3v) is 3.33. The molecule has 0 spiro atoms. The normalized spacial score (nSPS) is 12.0. The first-order valence-corrected chi connectivity index (χ1v) is 5.78. The van der Waals surface area contributed by atoms with Crippen LogP contribution in [0.1, 0.15) is 43.4 Å². The molecule has 2 rings (SSSR count). The first-order valence-electron chi connectivity index (χ1n) is 5.78. The molecule has 0 saturated heterocycles. The maximum Gasteiger partial charge on any atom is 0.338 e. The van der Waals surface area contributed by atoms with E-state index in [1.165, 1.54) is 12.1 Å². The Labute approximate surface area is 104 Å². The van der Waals surface area contributed by atoms with Crippen LogP contribution >= 0.6 is 0 Å². The average molecular weight is 250 g/mol. The topological polar surface area (TPSA) is 66.0 Å². The van der Waals surface area contributed by atoms with Crippen molar-refractivity contribution in [1.29, 1.82) is 0 Å². The number of aromatic amines is 1. The van der Waals surface area contributed by atoms with E-state index in [9.17, 15) is 9.18 Å². The van der Waals surface area contributed by atoms with Crippen LogP contribution in [0, 0.1) is 5.82 Å². The first kappa shape index (κ1) is 12.5. The lowest BCUT2D eigenvalue weighted by molar-refractivity contribution is 0.0692. The van der Waals surface area contributed by atoms with E-state index >= 15 is 0 Å². The van der Waals surface area contributed by atoms with Gasteiger partial charge < -0.3 is 10.1 Å². The number of aromatic carboxylic acids is 1. The molecule has 0 aliphatic rings. The minimum atomic E-state index is -1.28. The summed E-state index contributed by atoms with van der Waals surface area (Å²) in [5, 5.41) is 8.86. The Morgan fingerprint density at radius 3 is 2.72 bits per heavy atom. The monoisotopic (exact) mass is 250 g/mol. The van der Waals surface area contributed by atoms with Crippen molar-refractivity contribution in [2.45, 2.75) is 32.6 Å². The Bertz CT molecular complexity index is 617. The highest BCUT2D eigenvalue weighted by Crippen LogP contribution is 2.27. The number of nitrogens with zero attached hydrogens (tertiary/aromatic N) is 1. The van der Waals surface area contributed by atoms with E-state index in [-0.39, 0.29) is 11.0 Å². The second kappa shape index (κ2) is 4.08. The summed E-state index contributed by atoms with van der Waals surface area (Å²) in [6.07, 6.45) is 0.876. The molecule has 0 atom stereocenters. The van der Waals surface area contributed by atoms with Gasteiger partial charge in [-0.15, -0.1) is 0 Å². The Morgan fingerprint density at radius 2 is 2.17 bits per heavy atom. The summed E-state index contributed by atoms with van der Waals surface area (Å²) >= 11 is 0. The van der Waals surface area contributed by atoms with E-state index in [4.69, 9.17) is 5.11 Å². The van der Waals surface area contributed by atoms with Gasteiger partial charge in [0.25, 0.3) is 0 Å². The molecule has 0 radical (unpaired) electrons. The zero-order valence-corrected chi connectivity index (χ0v) is 10.5. The number of nitrogens with one attached hydrogen (secondary N) is 1. The van der Waals surface area contributed by atoms with Crippen LogP contribution in [-0.2, 0) is 5.41 Å². The van der Waals surface area contributed by atoms with Crippen LogP contribution in [0.15, 0.2) is 12.1 Å². The maximum atomic E-state index is 13.5. The smallest absolute Gasteiger partial charge is 0.338 e. The Balaban J connectivity index is 2.62. The predicted octanol–water partition coefficient (Wildman–Crippen LogP) is 3.09. The number of carboxylic acids is 1.